The smallest absolute Gasteiger partial charge is 0.410 e. The maximum Gasteiger partial charge on any atom is 0.415 e. The van der Waals surface area contributed by atoms with Crippen molar-refractivity contribution in [3.8, 4) is 5.75 Å². The van der Waals surface area contributed by atoms with E-state index in [0.29, 0.717) is 44.5 Å². The van der Waals surface area contributed by atoms with Crippen LogP contribution in [0.5, 0.6) is 5.75 Å². The molecule has 28 heavy (non-hydrogen) atoms. The number of benzene rings is 1. The predicted molar refractivity (Wildman–Crippen MR) is 109 cm³/mol. The van der Waals surface area contributed by atoms with Gasteiger partial charge in [0.1, 0.15) is 5.75 Å². The molecule has 0 N–H and O–H groups in total. The van der Waals surface area contributed by atoms with Crippen molar-refractivity contribution >= 4 is 11.9 Å². The molecule has 1 amide bonds. The molecule has 2 aromatic rings. The summed E-state index contributed by atoms with van der Waals surface area (Å²) in [6.07, 6.45) is -0.336. The fourth-order valence-corrected chi connectivity index (χ4v) is 3.88. The van der Waals surface area contributed by atoms with Crippen LogP contribution in [0.25, 0.3) is 0 Å². The van der Waals surface area contributed by atoms with Gasteiger partial charge < -0.3 is 14.2 Å². The van der Waals surface area contributed by atoms with Crippen LogP contribution in [0, 0.1) is 13.8 Å². The summed E-state index contributed by atoms with van der Waals surface area (Å²) in [4.78, 5) is 28.9. The number of carbonyl (C=O) groups excluding carboxylic acids is 2. The number of nitrogens with zero attached hydrogens (tertiary/aromatic N) is 3. The lowest BCUT2D eigenvalue weighted by Crippen LogP contribution is -2.50. The third-order valence-corrected chi connectivity index (χ3v) is 5.25. The SMILES string of the molecule is Cc1cc(C(=O)CN2CCN(C(=O)Oc3ccccc3)CC2)c(C)n1C(C)C. The lowest BCUT2D eigenvalue weighted by molar-refractivity contribution is 0.0845. The molecule has 1 aliphatic rings. The highest BCUT2D eigenvalue weighted by atomic mass is 16.6. The van der Waals surface area contributed by atoms with Gasteiger partial charge in [0.25, 0.3) is 0 Å². The van der Waals surface area contributed by atoms with Gasteiger partial charge in [0.15, 0.2) is 5.78 Å². The minimum atomic E-state index is -0.336. The van der Waals surface area contributed by atoms with Crippen LogP contribution < -0.4 is 4.74 Å². The number of para-hydroxylation sites is 1. The van der Waals surface area contributed by atoms with Crippen molar-refractivity contribution in [2.75, 3.05) is 32.7 Å². The van der Waals surface area contributed by atoms with Gasteiger partial charge in [0.2, 0.25) is 0 Å². The van der Waals surface area contributed by atoms with Gasteiger partial charge in [0, 0.05) is 49.2 Å². The second-order valence-corrected chi connectivity index (χ2v) is 7.62. The molecular formula is C22H29N3O3. The van der Waals surface area contributed by atoms with Gasteiger partial charge >= 0.3 is 6.09 Å². The van der Waals surface area contributed by atoms with Gasteiger partial charge in [-0.3, -0.25) is 9.69 Å². The Morgan fingerprint density at radius 3 is 2.25 bits per heavy atom. The van der Waals surface area contributed by atoms with Crippen molar-refractivity contribution < 1.29 is 14.3 Å². The molecule has 0 spiro atoms. The summed E-state index contributed by atoms with van der Waals surface area (Å²) in [5.74, 6) is 0.686. The molecule has 0 unspecified atom stereocenters. The Balaban J connectivity index is 1.54. The first-order valence-corrected chi connectivity index (χ1v) is 9.82. The van der Waals surface area contributed by atoms with E-state index in [1.54, 1.807) is 17.0 Å². The van der Waals surface area contributed by atoms with E-state index in [9.17, 15) is 9.59 Å². The van der Waals surface area contributed by atoms with E-state index in [4.69, 9.17) is 4.74 Å². The zero-order valence-electron chi connectivity index (χ0n) is 17.1. The van der Waals surface area contributed by atoms with Crippen molar-refractivity contribution in [1.82, 2.24) is 14.4 Å². The summed E-state index contributed by atoms with van der Waals surface area (Å²) in [6, 6.07) is 11.4. The first kappa shape index (κ1) is 20.1. The number of piperazine rings is 1. The number of hydrogen-bond donors (Lipinski definition) is 0. The lowest BCUT2D eigenvalue weighted by atomic mass is 10.1. The first-order valence-electron chi connectivity index (χ1n) is 9.82. The van der Waals surface area contributed by atoms with Crippen molar-refractivity contribution in [2.45, 2.75) is 33.7 Å². The number of hydrogen-bond acceptors (Lipinski definition) is 4. The molecule has 6 nitrogen and oxygen atoms in total. The summed E-state index contributed by atoms with van der Waals surface area (Å²) in [7, 11) is 0. The predicted octanol–water partition coefficient (Wildman–Crippen LogP) is 3.69. The van der Waals surface area contributed by atoms with E-state index in [2.05, 4.69) is 23.3 Å². The van der Waals surface area contributed by atoms with Crippen LogP contribution in [0.4, 0.5) is 4.79 Å². The maximum absolute atomic E-state index is 12.8. The van der Waals surface area contributed by atoms with Gasteiger partial charge in [-0.05, 0) is 45.9 Å². The highest BCUT2D eigenvalue weighted by Crippen LogP contribution is 2.21. The lowest BCUT2D eigenvalue weighted by Gasteiger charge is -2.33. The monoisotopic (exact) mass is 383 g/mol. The number of amides is 1. The Hall–Kier alpha value is -2.60. The number of aromatic nitrogens is 1. The van der Waals surface area contributed by atoms with Crippen LogP contribution in [0.1, 0.15) is 41.6 Å². The molecule has 1 aromatic heterocycles. The summed E-state index contributed by atoms with van der Waals surface area (Å²) in [5, 5.41) is 0. The Morgan fingerprint density at radius 1 is 1.04 bits per heavy atom. The molecule has 0 bridgehead atoms. The zero-order chi connectivity index (χ0) is 20.3. The highest BCUT2D eigenvalue weighted by molar-refractivity contribution is 5.99. The van der Waals surface area contributed by atoms with E-state index in [0.717, 1.165) is 17.0 Å². The third-order valence-electron chi connectivity index (χ3n) is 5.25. The topological polar surface area (TPSA) is 54.8 Å². The molecule has 6 heteroatoms. The molecule has 2 heterocycles. The fourth-order valence-electron chi connectivity index (χ4n) is 3.88. The molecule has 1 saturated heterocycles. The number of Topliss-reactive ketones (excluding diaryl/α,β-unsaturated/α-hetero) is 1. The molecule has 1 aromatic carbocycles. The minimum absolute atomic E-state index is 0.139. The second kappa shape index (κ2) is 8.61. The Bertz CT molecular complexity index is 834. The van der Waals surface area contributed by atoms with Crippen LogP contribution in [-0.2, 0) is 0 Å². The molecule has 150 valence electrons. The van der Waals surface area contributed by atoms with E-state index in [1.165, 1.54) is 0 Å². The van der Waals surface area contributed by atoms with Gasteiger partial charge in [-0.2, -0.15) is 0 Å². The van der Waals surface area contributed by atoms with Gasteiger partial charge in [0.05, 0.1) is 6.54 Å². The molecule has 0 atom stereocenters. The van der Waals surface area contributed by atoms with E-state index in [1.807, 2.05) is 38.1 Å². The van der Waals surface area contributed by atoms with Gasteiger partial charge in [-0.1, -0.05) is 18.2 Å². The quantitative estimate of drug-likeness (QED) is 0.739. The van der Waals surface area contributed by atoms with Crippen molar-refractivity contribution in [2.24, 2.45) is 0 Å². The van der Waals surface area contributed by atoms with Gasteiger partial charge in [-0.15, -0.1) is 0 Å². The van der Waals surface area contributed by atoms with E-state index < -0.39 is 0 Å². The Labute approximate surface area is 166 Å². The summed E-state index contributed by atoms with van der Waals surface area (Å²) < 4.78 is 7.59. The first-order chi connectivity index (χ1) is 13.4. The van der Waals surface area contributed by atoms with Crippen LogP contribution in [0.15, 0.2) is 36.4 Å². The zero-order valence-corrected chi connectivity index (χ0v) is 17.1. The number of ether oxygens (including phenoxy) is 1. The largest absolute Gasteiger partial charge is 0.415 e. The normalized spacial score (nSPS) is 15.1. The Kier molecular flexibility index (Phi) is 6.19. The summed E-state index contributed by atoms with van der Waals surface area (Å²) >= 11 is 0. The standard InChI is InChI=1S/C22H29N3O3/c1-16(2)25-17(3)14-20(18(25)4)21(26)15-23-10-12-24(13-11-23)22(27)28-19-8-6-5-7-9-19/h5-9,14,16H,10-13,15H2,1-4H3. The second-order valence-electron chi connectivity index (χ2n) is 7.62. The molecule has 0 radical (unpaired) electrons. The number of aryl methyl sites for hydroxylation is 1. The molecule has 0 aliphatic carbocycles. The molecule has 0 saturated carbocycles. The van der Waals surface area contributed by atoms with Crippen molar-refractivity contribution in [1.29, 1.82) is 0 Å². The van der Waals surface area contributed by atoms with E-state index in [-0.39, 0.29) is 11.9 Å². The third kappa shape index (κ3) is 4.44. The van der Waals surface area contributed by atoms with Crippen molar-refractivity contribution in [3.05, 3.63) is 53.3 Å². The molecule has 1 fully saturated rings. The van der Waals surface area contributed by atoms with Crippen molar-refractivity contribution in [3.63, 3.8) is 0 Å². The number of ketones is 1. The minimum Gasteiger partial charge on any atom is -0.410 e. The van der Waals surface area contributed by atoms with E-state index >= 15 is 0 Å². The molecular weight excluding hydrogens is 354 g/mol. The maximum atomic E-state index is 12.8. The van der Waals surface area contributed by atoms with Crippen LogP contribution in [0.2, 0.25) is 0 Å². The molecule has 3 rings (SSSR count). The highest BCUT2D eigenvalue weighted by Gasteiger charge is 2.25. The van der Waals surface area contributed by atoms with Gasteiger partial charge in [-0.25, -0.2) is 4.79 Å². The summed E-state index contributed by atoms with van der Waals surface area (Å²) in [5.41, 5.74) is 2.95. The van der Waals surface area contributed by atoms with Crippen LogP contribution >= 0.6 is 0 Å². The number of carbonyl (C=O) groups is 2. The van der Waals surface area contributed by atoms with Crippen LogP contribution in [0.3, 0.4) is 0 Å². The Morgan fingerprint density at radius 2 is 1.68 bits per heavy atom. The van der Waals surface area contributed by atoms with Crippen LogP contribution in [-0.4, -0.2) is 59.0 Å². The summed E-state index contributed by atoms with van der Waals surface area (Å²) in [6.45, 7) is 11.1. The average molecular weight is 383 g/mol. The fraction of sp³-hybridized carbons (Fsp3) is 0.455. The molecule has 1 aliphatic heterocycles. The number of rotatable bonds is 5. The average Bonchev–Trinajstić information content (AvgIpc) is 2.97.